The highest BCUT2D eigenvalue weighted by Gasteiger charge is 2.19. The van der Waals surface area contributed by atoms with Crippen LogP contribution in [0.25, 0.3) is 0 Å². The quantitative estimate of drug-likeness (QED) is 0.595. The van der Waals surface area contributed by atoms with Crippen molar-refractivity contribution in [2.75, 3.05) is 13.6 Å². The van der Waals surface area contributed by atoms with Crippen LogP contribution >= 0.6 is 0 Å². The number of ether oxygens (including phenoxy) is 1. The third-order valence-electron chi connectivity index (χ3n) is 2.49. The van der Waals surface area contributed by atoms with E-state index in [-0.39, 0.29) is 24.1 Å². The number of nitrogens with zero attached hydrogens (tertiary/aromatic N) is 2. The molecule has 0 spiro atoms. The topological polar surface area (TPSA) is 108 Å². The molecule has 0 aliphatic heterocycles. The second-order valence-electron chi connectivity index (χ2n) is 4.01. The number of rotatable bonds is 7. The largest absolute Gasteiger partial charge is 0.372 e. The summed E-state index contributed by atoms with van der Waals surface area (Å²) < 4.78 is 5.42. The maximum absolute atomic E-state index is 10.9. The van der Waals surface area contributed by atoms with Gasteiger partial charge in [-0.15, -0.1) is 0 Å². The van der Waals surface area contributed by atoms with Gasteiger partial charge in [0.15, 0.2) is 0 Å². The van der Waals surface area contributed by atoms with Crippen LogP contribution in [0.15, 0.2) is 18.2 Å². The second kappa shape index (κ2) is 6.76. The zero-order valence-corrected chi connectivity index (χ0v) is 10.7. The van der Waals surface area contributed by atoms with Gasteiger partial charge >= 0.3 is 0 Å². The first-order chi connectivity index (χ1) is 8.95. The lowest BCUT2D eigenvalue weighted by Gasteiger charge is -2.12. The van der Waals surface area contributed by atoms with E-state index in [1.54, 1.807) is 7.05 Å². The summed E-state index contributed by atoms with van der Waals surface area (Å²) in [5, 5.41) is 24.4. The number of nitro benzene ring substituents is 2. The molecular formula is C11H15N3O5. The van der Waals surface area contributed by atoms with E-state index in [9.17, 15) is 20.2 Å². The SMILES string of the molecule is CNCC(C)OCc1ccc([N+](=O)[O-])cc1[N+](=O)[O-]. The lowest BCUT2D eigenvalue weighted by Crippen LogP contribution is -2.23. The van der Waals surface area contributed by atoms with Crippen LogP contribution in [0.2, 0.25) is 0 Å². The van der Waals surface area contributed by atoms with Crippen LogP contribution in [0.1, 0.15) is 12.5 Å². The molecule has 1 aromatic carbocycles. The Morgan fingerprint density at radius 2 is 2.00 bits per heavy atom. The van der Waals surface area contributed by atoms with Crippen molar-refractivity contribution in [2.24, 2.45) is 0 Å². The summed E-state index contributed by atoms with van der Waals surface area (Å²) in [6.45, 7) is 2.48. The summed E-state index contributed by atoms with van der Waals surface area (Å²) in [7, 11) is 1.77. The Morgan fingerprint density at radius 3 is 2.53 bits per heavy atom. The van der Waals surface area contributed by atoms with Gasteiger partial charge in [0.05, 0.1) is 34.2 Å². The van der Waals surface area contributed by atoms with Gasteiger partial charge in [-0.05, 0) is 20.0 Å². The van der Waals surface area contributed by atoms with Crippen LogP contribution < -0.4 is 5.32 Å². The van der Waals surface area contributed by atoms with E-state index in [1.807, 2.05) is 6.92 Å². The number of non-ortho nitro benzene ring substituents is 1. The van der Waals surface area contributed by atoms with Crippen molar-refractivity contribution in [3.8, 4) is 0 Å². The standard InChI is InChI=1S/C11H15N3O5/c1-8(6-12-2)19-7-9-3-4-10(13(15)16)5-11(9)14(17)18/h3-5,8,12H,6-7H2,1-2H3. The molecule has 1 rings (SSSR count). The fraction of sp³-hybridized carbons (Fsp3) is 0.455. The van der Waals surface area contributed by atoms with E-state index < -0.39 is 9.85 Å². The van der Waals surface area contributed by atoms with Crippen LogP contribution in [0, 0.1) is 20.2 Å². The van der Waals surface area contributed by atoms with Gasteiger partial charge in [0.25, 0.3) is 11.4 Å². The monoisotopic (exact) mass is 269 g/mol. The molecule has 0 aliphatic carbocycles. The van der Waals surface area contributed by atoms with Crippen LogP contribution in [0.5, 0.6) is 0 Å². The zero-order valence-electron chi connectivity index (χ0n) is 10.7. The average molecular weight is 269 g/mol. The third kappa shape index (κ3) is 4.27. The second-order valence-corrected chi connectivity index (χ2v) is 4.01. The molecule has 0 heterocycles. The first-order valence-electron chi connectivity index (χ1n) is 5.63. The molecule has 104 valence electrons. The van der Waals surface area contributed by atoms with E-state index in [4.69, 9.17) is 4.74 Å². The van der Waals surface area contributed by atoms with Crippen molar-refractivity contribution >= 4 is 11.4 Å². The minimum absolute atomic E-state index is 0.0388. The average Bonchev–Trinajstić information content (AvgIpc) is 2.36. The van der Waals surface area contributed by atoms with Gasteiger partial charge in [0, 0.05) is 12.6 Å². The highest BCUT2D eigenvalue weighted by molar-refractivity contribution is 5.48. The molecule has 1 N–H and O–H groups in total. The van der Waals surface area contributed by atoms with E-state index >= 15 is 0 Å². The Labute approximate surface area is 109 Å². The Morgan fingerprint density at radius 1 is 1.32 bits per heavy atom. The highest BCUT2D eigenvalue weighted by atomic mass is 16.6. The van der Waals surface area contributed by atoms with E-state index in [1.165, 1.54) is 12.1 Å². The molecule has 1 unspecified atom stereocenters. The Balaban J connectivity index is 2.88. The maximum Gasteiger partial charge on any atom is 0.281 e. The molecule has 8 nitrogen and oxygen atoms in total. The van der Waals surface area contributed by atoms with E-state index in [0.717, 1.165) is 6.07 Å². The third-order valence-corrected chi connectivity index (χ3v) is 2.49. The van der Waals surface area contributed by atoms with Gasteiger partial charge in [0.2, 0.25) is 0 Å². The zero-order chi connectivity index (χ0) is 14.4. The fourth-order valence-electron chi connectivity index (χ4n) is 1.54. The predicted octanol–water partition coefficient (Wildman–Crippen LogP) is 1.63. The molecular weight excluding hydrogens is 254 g/mol. The Hall–Kier alpha value is -2.06. The lowest BCUT2D eigenvalue weighted by atomic mass is 10.1. The minimum atomic E-state index is -0.665. The number of likely N-dealkylation sites (N-methyl/N-ethyl adjacent to an activating group) is 1. The van der Waals surface area contributed by atoms with Crippen molar-refractivity contribution in [3.63, 3.8) is 0 Å². The van der Waals surface area contributed by atoms with Gasteiger partial charge < -0.3 is 10.1 Å². The number of nitro groups is 2. The Bertz CT molecular complexity index is 477. The fourth-order valence-corrected chi connectivity index (χ4v) is 1.54. The molecule has 19 heavy (non-hydrogen) atoms. The smallest absolute Gasteiger partial charge is 0.281 e. The number of hydrogen-bond acceptors (Lipinski definition) is 6. The van der Waals surface area contributed by atoms with Gasteiger partial charge in [-0.3, -0.25) is 20.2 Å². The molecule has 1 aromatic rings. The van der Waals surface area contributed by atoms with Crippen LogP contribution in [-0.2, 0) is 11.3 Å². The minimum Gasteiger partial charge on any atom is -0.372 e. The van der Waals surface area contributed by atoms with E-state index in [0.29, 0.717) is 12.1 Å². The van der Waals surface area contributed by atoms with Crippen molar-refractivity contribution in [2.45, 2.75) is 19.6 Å². The molecule has 0 aliphatic rings. The lowest BCUT2D eigenvalue weighted by molar-refractivity contribution is -0.394. The molecule has 0 amide bonds. The molecule has 0 fully saturated rings. The number of benzene rings is 1. The summed E-state index contributed by atoms with van der Waals surface area (Å²) in [4.78, 5) is 20.2. The van der Waals surface area contributed by atoms with Crippen LogP contribution in [0.4, 0.5) is 11.4 Å². The first kappa shape index (κ1) is 15.0. The van der Waals surface area contributed by atoms with Crippen molar-refractivity contribution in [3.05, 3.63) is 44.0 Å². The summed E-state index contributed by atoms with van der Waals surface area (Å²) in [5.41, 5.74) is -0.289. The predicted molar refractivity (Wildman–Crippen MR) is 67.9 cm³/mol. The van der Waals surface area contributed by atoms with Gasteiger partial charge in [-0.25, -0.2) is 0 Å². The summed E-state index contributed by atoms with van der Waals surface area (Å²) in [6.07, 6.45) is -0.111. The molecule has 0 saturated carbocycles. The normalized spacial score (nSPS) is 12.1. The van der Waals surface area contributed by atoms with Crippen molar-refractivity contribution in [1.82, 2.24) is 5.32 Å². The molecule has 0 radical (unpaired) electrons. The maximum atomic E-state index is 10.9. The van der Waals surface area contributed by atoms with Gasteiger partial charge in [-0.1, -0.05) is 0 Å². The summed E-state index contributed by atoms with van der Waals surface area (Å²) in [5.74, 6) is 0. The molecule has 1 atom stereocenters. The Kier molecular flexibility index (Phi) is 5.34. The first-order valence-corrected chi connectivity index (χ1v) is 5.63. The number of hydrogen-bond donors (Lipinski definition) is 1. The highest BCUT2D eigenvalue weighted by Crippen LogP contribution is 2.25. The molecule has 8 heteroatoms. The van der Waals surface area contributed by atoms with Crippen LogP contribution in [-0.4, -0.2) is 29.5 Å². The summed E-state index contributed by atoms with van der Waals surface area (Å²) in [6, 6.07) is 3.53. The molecule has 0 saturated heterocycles. The van der Waals surface area contributed by atoms with Crippen LogP contribution in [0.3, 0.4) is 0 Å². The summed E-state index contributed by atoms with van der Waals surface area (Å²) >= 11 is 0. The van der Waals surface area contributed by atoms with Gasteiger partial charge in [0.1, 0.15) is 0 Å². The van der Waals surface area contributed by atoms with Crippen molar-refractivity contribution < 1.29 is 14.6 Å². The molecule has 0 bridgehead atoms. The van der Waals surface area contributed by atoms with Gasteiger partial charge in [-0.2, -0.15) is 0 Å². The molecule has 0 aromatic heterocycles. The van der Waals surface area contributed by atoms with Crippen molar-refractivity contribution in [1.29, 1.82) is 0 Å². The number of nitrogens with one attached hydrogen (secondary N) is 1. The van der Waals surface area contributed by atoms with E-state index in [2.05, 4.69) is 5.32 Å².